The highest BCUT2D eigenvalue weighted by Crippen LogP contribution is 2.41. The average Bonchev–Trinajstić information content (AvgIpc) is 2.50. The molecule has 4 nitrogen and oxygen atoms in total. The fourth-order valence-corrected chi connectivity index (χ4v) is 3.03. The van der Waals surface area contributed by atoms with Crippen LogP contribution in [-0.2, 0) is 11.3 Å². The Bertz CT molecular complexity index is 474. The molecule has 2 N–H and O–H groups in total. The van der Waals surface area contributed by atoms with Crippen LogP contribution in [0.15, 0.2) is 30.3 Å². The number of hydrogen-bond donors (Lipinski definition) is 2. The number of ether oxygens (including phenoxy) is 1. The maximum Gasteiger partial charge on any atom is 0.407 e. The van der Waals surface area contributed by atoms with Gasteiger partial charge in [0.05, 0.1) is 0 Å². The van der Waals surface area contributed by atoms with E-state index in [4.69, 9.17) is 4.74 Å². The van der Waals surface area contributed by atoms with Crippen molar-refractivity contribution in [2.45, 2.75) is 58.1 Å². The molecular weight excluding hydrogens is 278 g/mol. The summed E-state index contributed by atoms with van der Waals surface area (Å²) in [4.78, 5) is 12.1. The third kappa shape index (κ3) is 4.73. The Morgan fingerprint density at radius 2 is 1.82 bits per heavy atom. The van der Waals surface area contributed by atoms with E-state index in [1.54, 1.807) is 0 Å². The summed E-state index contributed by atoms with van der Waals surface area (Å²) in [5, 5.41) is 12.4. The standard InChI is InChI=1S/C18H27NO3/c1-17(2)8-10-18(11-9-17,12-13-20)19-16(21)22-14-15-6-4-3-5-7-15/h3-7,20H,8-14H2,1-2H3,(H,19,21). The van der Waals surface area contributed by atoms with Crippen molar-refractivity contribution in [3.8, 4) is 0 Å². The van der Waals surface area contributed by atoms with E-state index >= 15 is 0 Å². The highest BCUT2D eigenvalue weighted by Gasteiger charge is 2.39. The van der Waals surface area contributed by atoms with Gasteiger partial charge in [-0.1, -0.05) is 44.2 Å². The minimum absolute atomic E-state index is 0.0827. The maximum atomic E-state index is 12.1. The molecule has 0 bridgehead atoms. The zero-order chi connectivity index (χ0) is 16.1. The first-order valence-electron chi connectivity index (χ1n) is 8.05. The molecular formula is C18H27NO3. The van der Waals surface area contributed by atoms with Crippen LogP contribution in [0.25, 0.3) is 0 Å². The van der Waals surface area contributed by atoms with E-state index in [1.165, 1.54) is 0 Å². The number of carbonyl (C=O) groups is 1. The molecule has 1 amide bonds. The van der Waals surface area contributed by atoms with Gasteiger partial charge in [0.25, 0.3) is 0 Å². The summed E-state index contributed by atoms with van der Waals surface area (Å²) in [6, 6.07) is 9.64. The Kier molecular flexibility index (Phi) is 5.46. The second-order valence-corrected chi connectivity index (χ2v) is 7.10. The molecule has 1 aromatic carbocycles. The first kappa shape index (κ1) is 16.8. The summed E-state index contributed by atoms with van der Waals surface area (Å²) in [6.07, 6.45) is 4.07. The number of hydrogen-bond acceptors (Lipinski definition) is 3. The predicted octanol–water partition coefficient (Wildman–Crippen LogP) is 3.63. The molecule has 0 saturated heterocycles. The first-order valence-corrected chi connectivity index (χ1v) is 8.05. The molecule has 0 unspecified atom stereocenters. The lowest BCUT2D eigenvalue weighted by Gasteiger charge is -2.43. The molecule has 1 aromatic rings. The van der Waals surface area contributed by atoms with Crippen LogP contribution in [-0.4, -0.2) is 23.3 Å². The predicted molar refractivity (Wildman–Crippen MR) is 86.4 cm³/mol. The molecule has 0 radical (unpaired) electrons. The molecule has 122 valence electrons. The van der Waals surface area contributed by atoms with E-state index < -0.39 is 6.09 Å². The highest BCUT2D eigenvalue weighted by atomic mass is 16.5. The van der Waals surface area contributed by atoms with Gasteiger partial charge in [-0.3, -0.25) is 0 Å². The van der Waals surface area contributed by atoms with E-state index in [9.17, 15) is 9.90 Å². The molecule has 1 saturated carbocycles. The molecule has 1 aliphatic rings. The van der Waals surface area contributed by atoms with Crippen molar-refractivity contribution in [2.75, 3.05) is 6.61 Å². The van der Waals surface area contributed by atoms with E-state index in [2.05, 4.69) is 19.2 Å². The lowest BCUT2D eigenvalue weighted by atomic mass is 9.68. The minimum Gasteiger partial charge on any atom is -0.445 e. The normalized spacial score (nSPS) is 19.4. The van der Waals surface area contributed by atoms with Gasteiger partial charge in [-0.2, -0.15) is 0 Å². The summed E-state index contributed by atoms with van der Waals surface area (Å²) >= 11 is 0. The second-order valence-electron chi connectivity index (χ2n) is 7.10. The Morgan fingerprint density at radius 3 is 2.41 bits per heavy atom. The molecule has 4 heteroatoms. The number of amides is 1. The van der Waals surface area contributed by atoms with E-state index in [0.717, 1.165) is 31.2 Å². The first-order chi connectivity index (χ1) is 10.4. The van der Waals surface area contributed by atoms with E-state index in [0.29, 0.717) is 11.8 Å². The Labute approximate surface area is 132 Å². The topological polar surface area (TPSA) is 58.6 Å². The van der Waals surface area contributed by atoms with Crippen LogP contribution < -0.4 is 5.32 Å². The smallest absolute Gasteiger partial charge is 0.407 e. The molecule has 1 aliphatic carbocycles. The van der Waals surface area contributed by atoms with Gasteiger partial charge in [0, 0.05) is 12.1 Å². The van der Waals surface area contributed by atoms with Gasteiger partial charge in [-0.15, -0.1) is 0 Å². The van der Waals surface area contributed by atoms with Crippen LogP contribution in [0.4, 0.5) is 4.79 Å². The van der Waals surface area contributed by atoms with Crippen molar-refractivity contribution >= 4 is 6.09 Å². The molecule has 0 aromatic heterocycles. The zero-order valence-corrected chi connectivity index (χ0v) is 13.6. The molecule has 0 atom stereocenters. The number of carbonyl (C=O) groups excluding carboxylic acids is 1. The van der Waals surface area contributed by atoms with Crippen LogP contribution in [0.3, 0.4) is 0 Å². The highest BCUT2D eigenvalue weighted by molar-refractivity contribution is 5.68. The van der Waals surface area contributed by atoms with Gasteiger partial charge >= 0.3 is 6.09 Å². The van der Waals surface area contributed by atoms with E-state index in [1.807, 2.05) is 30.3 Å². The van der Waals surface area contributed by atoms with Gasteiger partial charge < -0.3 is 15.2 Å². The summed E-state index contributed by atoms with van der Waals surface area (Å²) in [5.41, 5.74) is 0.964. The van der Waals surface area contributed by atoms with Crippen LogP contribution in [0.2, 0.25) is 0 Å². The van der Waals surface area contributed by atoms with Gasteiger partial charge in [-0.25, -0.2) is 4.79 Å². The third-order valence-electron chi connectivity index (χ3n) is 4.73. The fraction of sp³-hybridized carbons (Fsp3) is 0.611. The quantitative estimate of drug-likeness (QED) is 0.873. The fourth-order valence-electron chi connectivity index (χ4n) is 3.03. The van der Waals surface area contributed by atoms with E-state index in [-0.39, 0.29) is 18.8 Å². The van der Waals surface area contributed by atoms with Crippen molar-refractivity contribution in [1.29, 1.82) is 0 Å². The Hall–Kier alpha value is -1.55. The third-order valence-corrected chi connectivity index (χ3v) is 4.73. The number of alkyl carbamates (subject to hydrolysis) is 1. The molecule has 0 spiro atoms. The monoisotopic (exact) mass is 305 g/mol. The lowest BCUT2D eigenvalue weighted by molar-refractivity contribution is 0.0833. The average molecular weight is 305 g/mol. The molecule has 2 rings (SSSR count). The van der Waals surface area contributed by atoms with Crippen LogP contribution >= 0.6 is 0 Å². The number of aliphatic hydroxyl groups excluding tert-OH is 1. The van der Waals surface area contributed by atoms with Crippen LogP contribution in [0.1, 0.15) is 51.5 Å². The second kappa shape index (κ2) is 7.14. The van der Waals surface area contributed by atoms with Crippen molar-refractivity contribution < 1.29 is 14.6 Å². The largest absolute Gasteiger partial charge is 0.445 e. The number of aliphatic hydroxyl groups is 1. The minimum atomic E-state index is -0.392. The van der Waals surface area contributed by atoms with Crippen LogP contribution in [0.5, 0.6) is 0 Å². The van der Waals surface area contributed by atoms with Crippen molar-refractivity contribution in [1.82, 2.24) is 5.32 Å². The van der Waals surface area contributed by atoms with Crippen LogP contribution in [0, 0.1) is 5.41 Å². The van der Waals surface area contributed by atoms with Crippen molar-refractivity contribution in [3.05, 3.63) is 35.9 Å². The molecule has 22 heavy (non-hydrogen) atoms. The molecule has 0 aliphatic heterocycles. The van der Waals surface area contributed by atoms with Crippen molar-refractivity contribution in [3.63, 3.8) is 0 Å². The number of rotatable bonds is 5. The van der Waals surface area contributed by atoms with Gasteiger partial charge in [0.2, 0.25) is 0 Å². The van der Waals surface area contributed by atoms with Gasteiger partial charge in [-0.05, 0) is 43.1 Å². The summed E-state index contributed by atoms with van der Waals surface area (Å²) in [7, 11) is 0. The molecule has 0 heterocycles. The zero-order valence-electron chi connectivity index (χ0n) is 13.6. The van der Waals surface area contributed by atoms with Crippen molar-refractivity contribution in [2.24, 2.45) is 5.41 Å². The summed E-state index contributed by atoms with van der Waals surface area (Å²) < 4.78 is 5.32. The maximum absolute atomic E-state index is 12.1. The van der Waals surface area contributed by atoms with Gasteiger partial charge in [0.1, 0.15) is 6.61 Å². The number of benzene rings is 1. The number of nitrogens with one attached hydrogen (secondary N) is 1. The Balaban J connectivity index is 1.89. The summed E-state index contributed by atoms with van der Waals surface area (Å²) in [6.45, 7) is 4.86. The Morgan fingerprint density at radius 1 is 1.18 bits per heavy atom. The summed E-state index contributed by atoms with van der Waals surface area (Å²) in [5.74, 6) is 0. The lowest BCUT2D eigenvalue weighted by Crippen LogP contribution is -2.52. The molecule has 1 fully saturated rings. The SMILES string of the molecule is CC1(C)CCC(CCO)(NC(=O)OCc2ccccc2)CC1. The van der Waals surface area contributed by atoms with Gasteiger partial charge in [0.15, 0.2) is 0 Å².